The molecule has 0 bridgehead atoms. The first-order valence-electron chi connectivity index (χ1n) is 7.32. The van der Waals surface area contributed by atoms with E-state index >= 15 is 0 Å². The third-order valence-electron chi connectivity index (χ3n) is 3.34. The summed E-state index contributed by atoms with van der Waals surface area (Å²) in [5, 5.41) is 3.09. The lowest BCUT2D eigenvalue weighted by molar-refractivity contribution is -0.274. The summed E-state index contributed by atoms with van der Waals surface area (Å²) in [5.74, 6) is -0.343. The fourth-order valence-electron chi connectivity index (χ4n) is 2.13. The van der Waals surface area contributed by atoms with E-state index in [9.17, 15) is 18.0 Å². The van der Waals surface area contributed by atoms with Crippen molar-refractivity contribution in [1.82, 2.24) is 10.2 Å². The lowest BCUT2D eigenvalue weighted by Gasteiger charge is -2.19. The van der Waals surface area contributed by atoms with E-state index in [0.29, 0.717) is 5.02 Å². The maximum atomic E-state index is 12.4. The quantitative estimate of drug-likeness (QED) is 0.834. The molecular weight excluding hydrogens is 357 g/mol. The number of rotatable bonds is 5. The fourth-order valence-corrected chi connectivity index (χ4v) is 2.33. The number of halogens is 4. The molecule has 0 saturated carbocycles. The zero-order valence-corrected chi connectivity index (χ0v) is 14.1. The Bertz CT molecular complexity index is 738. The van der Waals surface area contributed by atoms with Crippen LogP contribution in [0.25, 0.3) is 0 Å². The molecule has 1 N–H and O–H groups in total. The number of nitrogens with one attached hydrogen (secondary N) is 1. The summed E-state index contributed by atoms with van der Waals surface area (Å²) in [6.45, 7) is 0.171. The van der Waals surface area contributed by atoms with Gasteiger partial charge < -0.3 is 15.0 Å². The van der Waals surface area contributed by atoms with Crippen molar-refractivity contribution in [3.05, 3.63) is 64.7 Å². The lowest BCUT2D eigenvalue weighted by Crippen LogP contribution is -2.36. The second-order valence-corrected chi connectivity index (χ2v) is 5.67. The van der Waals surface area contributed by atoms with Crippen LogP contribution >= 0.6 is 11.6 Å². The van der Waals surface area contributed by atoms with E-state index in [4.69, 9.17) is 11.6 Å². The first-order chi connectivity index (χ1) is 11.8. The molecule has 2 aromatic carbocycles. The second kappa shape index (κ2) is 8.11. The molecule has 4 nitrogen and oxygen atoms in total. The Kier molecular flexibility index (Phi) is 6.14. The average molecular weight is 373 g/mol. The number of hydrogen-bond acceptors (Lipinski definition) is 2. The third kappa shape index (κ3) is 5.86. The van der Waals surface area contributed by atoms with Crippen LogP contribution in [0.2, 0.25) is 5.02 Å². The molecule has 0 aliphatic carbocycles. The predicted molar refractivity (Wildman–Crippen MR) is 88.3 cm³/mol. The van der Waals surface area contributed by atoms with Crippen molar-refractivity contribution in [2.45, 2.75) is 19.5 Å². The van der Waals surface area contributed by atoms with E-state index in [0.717, 1.165) is 5.56 Å². The van der Waals surface area contributed by atoms with Gasteiger partial charge in [-0.05, 0) is 17.7 Å². The van der Waals surface area contributed by atoms with Gasteiger partial charge in [0.15, 0.2) is 0 Å². The third-order valence-corrected chi connectivity index (χ3v) is 3.71. The van der Waals surface area contributed by atoms with Crippen LogP contribution in [0.15, 0.2) is 48.5 Å². The summed E-state index contributed by atoms with van der Waals surface area (Å²) in [6.07, 6.45) is -4.79. The molecule has 2 rings (SSSR count). The fraction of sp³-hybridized carbons (Fsp3) is 0.235. The molecule has 25 heavy (non-hydrogen) atoms. The maximum absolute atomic E-state index is 12.4. The molecule has 0 saturated heterocycles. The van der Waals surface area contributed by atoms with E-state index in [2.05, 4.69) is 10.1 Å². The summed E-state index contributed by atoms with van der Waals surface area (Å²) in [7, 11) is 1.57. The van der Waals surface area contributed by atoms with E-state index in [1.165, 1.54) is 23.1 Å². The van der Waals surface area contributed by atoms with E-state index in [1.54, 1.807) is 37.4 Å². The molecule has 2 amide bonds. The van der Waals surface area contributed by atoms with Crippen LogP contribution in [0.4, 0.5) is 18.0 Å². The van der Waals surface area contributed by atoms with Gasteiger partial charge >= 0.3 is 12.4 Å². The minimum Gasteiger partial charge on any atom is -0.405 e. The summed E-state index contributed by atoms with van der Waals surface area (Å²) in [4.78, 5) is 13.5. The van der Waals surface area contributed by atoms with Gasteiger partial charge in [-0.3, -0.25) is 0 Å². The van der Waals surface area contributed by atoms with Crippen LogP contribution in [-0.4, -0.2) is 24.3 Å². The average Bonchev–Trinajstić information content (AvgIpc) is 2.54. The Morgan fingerprint density at radius 3 is 2.36 bits per heavy atom. The number of hydrogen-bond donors (Lipinski definition) is 1. The summed E-state index contributed by atoms with van der Waals surface area (Å²) < 4.78 is 41.1. The molecule has 134 valence electrons. The molecule has 2 aromatic rings. The van der Waals surface area contributed by atoms with Gasteiger partial charge in [-0.1, -0.05) is 48.0 Å². The molecule has 0 unspecified atom stereocenters. The summed E-state index contributed by atoms with van der Waals surface area (Å²) >= 11 is 6.05. The van der Waals surface area contributed by atoms with Crippen molar-refractivity contribution >= 4 is 17.6 Å². The van der Waals surface area contributed by atoms with Crippen molar-refractivity contribution in [2.75, 3.05) is 7.05 Å². The monoisotopic (exact) mass is 372 g/mol. The highest BCUT2D eigenvalue weighted by Crippen LogP contribution is 2.26. The minimum atomic E-state index is -4.79. The molecule has 0 aliphatic heterocycles. The molecule has 0 aromatic heterocycles. The van der Waals surface area contributed by atoms with Crippen molar-refractivity contribution in [3.63, 3.8) is 0 Å². The highest BCUT2D eigenvalue weighted by atomic mass is 35.5. The first-order valence-corrected chi connectivity index (χ1v) is 7.70. The number of carbonyl (C=O) groups excluding carboxylic acids is 1. The highest BCUT2D eigenvalue weighted by Gasteiger charge is 2.32. The Balaban J connectivity index is 1.97. The Morgan fingerprint density at radius 2 is 1.72 bits per heavy atom. The Labute approximate surface area is 148 Å². The molecular formula is C17H16ClF3N2O2. The molecule has 0 atom stereocenters. The second-order valence-electron chi connectivity index (χ2n) is 5.26. The maximum Gasteiger partial charge on any atom is 0.573 e. The highest BCUT2D eigenvalue weighted by molar-refractivity contribution is 6.31. The number of amides is 2. The van der Waals surface area contributed by atoms with E-state index in [1.807, 2.05) is 0 Å². The summed E-state index contributed by atoms with van der Waals surface area (Å²) in [6, 6.07) is 12.3. The lowest BCUT2D eigenvalue weighted by atomic mass is 10.2. The van der Waals surface area contributed by atoms with Crippen LogP contribution in [0.5, 0.6) is 5.75 Å². The molecule has 0 fully saturated rings. The minimum absolute atomic E-state index is 0.0993. The Morgan fingerprint density at radius 1 is 1.12 bits per heavy atom. The van der Waals surface area contributed by atoms with Crippen molar-refractivity contribution in [2.24, 2.45) is 0 Å². The van der Waals surface area contributed by atoms with Gasteiger partial charge in [-0.25, -0.2) is 4.79 Å². The SMILES string of the molecule is CN(Cc1ccccc1Cl)C(=O)NCc1ccccc1OC(F)(F)F. The van der Waals surface area contributed by atoms with Gasteiger partial charge in [0.25, 0.3) is 0 Å². The van der Waals surface area contributed by atoms with Crippen LogP contribution in [-0.2, 0) is 13.1 Å². The zero-order valence-electron chi connectivity index (χ0n) is 13.3. The van der Waals surface area contributed by atoms with Gasteiger partial charge in [0.05, 0.1) is 0 Å². The van der Waals surface area contributed by atoms with Gasteiger partial charge in [0.2, 0.25) is 0 Å². The number of urea groups is 1. The van der Waals surface area contributed by atoms with E-state index < -0.39 is 12.4 Å². The number of carbonyl (C=O) groups is 1. The van der Waals surface area contributed by atoms with Crippen molar-refractivity contribution < 1.29 is 22.7 Å². The predicted octanol–water partition coefficient (Wildman–Crippen LogP) is 4.58. The van der Waals surface area contributed by atoms with Gasteiger partial charge in [0, 0.05) is 30.7 Å². The normalized spacial score (nSPS) is 11.1. The standard InChI is InChI=1S/C17H16ClF3N2O2/c1-23(11-13-7-2-4-8-14(13)18)16(24)22-10-12-6-3-5-9-15(12)25-17(19,20)21/h2-9H,10-11H2,1H3,(H,22,24). The molecule has 8 heteroatoms. The van der Waals surface area contributed by atoms with Crippen LogP contribution in [0, 0.1) is 0 Å². The Hall–Kier alpha value is -2.41. The number of alkyl halides is 3. The van der Waals surface area contributed by atoms with Crippen LogP contribution < -0.4 is 10.1 Å². The molecule has 0 radical (unpaired) electrons. The van der Waals surface area contributed by atoms with Gasteiger partial charge in [-0.2, -0.15) is 0 Å². The zero-order chi connectivity index (χ0) is 18.4. The number of ether oxygens (including phenoxy) is 1. The number of benzene rings is 2. The largest absolute Gasteiger partial charge is 0.573 e. The van der Waals surface area contributed by atoms with E-state index in [-0.39, 0.29) is 24.4 Å². The molecule has 0 aliphatic rings. The first kappa shape index (κ1) is 18.9. The van der Waals surface area contributed by atoms with Crippen molar-refractivity contribution in [1.29, 1.82) is 0 Å². The van der Waals surface area contributed by atoms with Gasteiger partial charge in [-0.15, -0.1) is 13.2 Å². The van der Waals surface area contributed by atoms with Crippen LogP contribution in [0.3, 0.4) is 0 Å². The van der Waals surface area contributed by atoms with Crippen molar-refractivity contribution in [3.8, 4) is 5.75 Å². The number of para-hydroxylation sites is 1. The van der Waals surface area contributed by atoms with Gasteiger partial charge in [0.1, 0.15) is 5.75 Å². The smallest absolute Gasteiger partial charge is 0.405 e. The molecule has 0 heterocycles. The molecule has 0 spiro atoms. The number of nitrogens with zero attached hydrogens (tertiary/aromatic N) is 1. The summed E-state index contributed by atoms with van der Waals surface area (Å²) in [5.41, 5.74) is 0.988. The topological polar surface area (TPSA) is 41.6 Å². The van der Waals surface area contributed by atoms with Crippen LogP contribution in [0.1, 0.15) is 11.1 Å².